The summed E-state index contributed by atoms with van der Waals surface area (Å²) in [6.45, 7) is 0.249. The van der Waals surface area contributed by atoms with Gasteiger partial charge >= 0.3 is 0 Å². The first-order valence-electron chi connectivity index (χ1n) is 8.09. The summed E-state index contributed by atoms with van der Waals surface area (Å²) in [7, 11) is -3.40. The van der Waals surface area contributed by atoms with Crippen molar-refractivity contribution >= 4 is 15.9 Å². The highest BCUT2D eigenvalue weighted by Crippen LogP contribution is 2.23. The average molecular weight is 339 g/mol. The number of aromatic nitrogens is 1. The molecular weight excluding hydrogens is 314 g/mol. The number of carbonyl (C=O) groups excluding carboxylic acids is 1. The lowest BCUT2D eigenvalue weighted by molar-refractivity contribution is -0.121. The molecule has 23 heavy (non-hydrogen) atoms. The largest absolute Gasteiger partial charge is 0.351 e. The lowest BCUT2D eigenvalue weighted by Crippen LogP contribution is -2.45. The molecule has 0 aromatic carbocycles. The summed E-state index contributed by atoms with van der Waals surface area (Å²) >= 11 is 0. The SMILES string of the molecule is CS(=O)(=O)N(CC(=O)NCc1cccnc1)C1CCCCCC1. The number of hydrogen-bond acceptors (Lipinski definition) is 4. The van der Waals surface area contributed by atoms with Gasteiger partial charge in [-0.25, -0.2) is 8.42 Å². The van der Waals surface area contributed by atoms with E-state index in [1.54, 1.807) is 18.5 Å². The van der Waals surface area contributed by atoms with Crippen LogP contribution in [-0.2, 0) is 21.4 Å². The topological polar surface area (TPSA) is 79.4 Å². The van der Waals surface area contributed by atoms with Gasteiger partial charge in [-0.2, -0.15) is 4.31 Å². The van der Waals surface area contributed by atoms with Crippen molar-refractivity contribution in [1.82, 2.24) is 14.6 Å². The van der Waals surface area contributed by atoms with Gasteiger partial charge < -0.3 is 5.32 Å². The van der Waals surface area contributed by atoms with E-state index in [0.29, 0.717) is 6.54 Å². The summed E-state index contributed by atoms with van der Waals surface area (Å²) in [6, 6.07) is 3.61. The number of amides is 1. The molecule has 0 unspecified atom stereocenters. The minimum absolute atomic E-state index is 0.0587. The smallest absolute Gasteiger partial charge is 0.235 e. The maximum absolute atomic E-state index is 12.2. The van der Waals surface area contributed by atoms with Crippen molar-refractivity contribution in [2.45, 2.75) is 51.1 Å². The fraction of sp³-hybridized carbons (Fsp3) is 0.625. The fourth-order valence-corrected chi connectivity index (χ4v) is 4.07. The number of sulfonamides is 1. The minimum atomic E-state index is -3.40. The Morgan fingerprint density at radius 1 is 1.30 bits per heavy atom. The molecule has 0 aliphatic heterocycles. The van der Waals surface area contributed by atoms with E-state index in [4.69, 9.17) is 0 Å². The molecule has 0 bridgehead atoms. The average Bonchev–Trinajstić information content (AvgIpc) is 2.79. The van der Waals surface area contributed by atoms with Gasteiger partial charge in [-0.05, 0) is 24.5 Å². The Morgan fingerprint density at radius 3 is 2.57 bits per heavy atom. The summed E-state index contributed by atoms with van der Waals surface area (Å²) in [5.41, 5.74) is 0.890. The third-order valence-corrected chi connectivity index (χ3v) is 5.45. The zero-order valence-electron chi connectivity index (χ0n) is 13.6. The molecule has 2 rings (SSSR count). The maximum Gasteiger partial charge on any atom is 0.235 e. The molecule has 7 heteroatoms. The van der Waals surface area contributed by atoms with E-state index in [1.807, 2.05) is 6.07 Å². The Balaban J connectivity index is 1.95. The van der Waals surface area contributed by atoms with Crippen LogP contribution in [0.2, 0.25) is 0 Å². The second-order valence-electron chi connectivity index (χ2n) is 6.09. The summed E-state index contributed by atoms with van der Waals surface area (Å²) in [6.07, 6.45) is 10.5. The molecule has 128 valence electrons. The maximum atomic E-state index is 12.2. The van der Waals surface area contributed by atoms with Gasteiger partial charge in [-0.1, -0.05) is 31.7 Å². The first-order chi connectivity index (χ1) is 11.0. The zero-order chi connectivity index (χ0) is 16.7. The molecule has 1 aromatic heterocycles. The lowest BCUT2D eigenvalue weighted by Gasteiger charge is -2.28. The van der Waals surface area contributed by atoms with Crippen LogP contribution >= 0.6 is 0 Å². The van der Waals surface area contributed by atoms with Crippen molar-refractivity contribution in [3.8, 4) is 0 Å². The van der Waals surface area contributed by atoms with Crippen LogP contribution in [-0.4, -0.2) is 42.5 Å². The molecule has 0 spiro atoms. The van der Waals surface area contributed by atoms with Crippen LogP contribution in [0.3, 0.4) is 0 Å². The third kappa shape index (κ3) is 5.91. The standard InChI is InChI=1S/C16H25N3O3S/c1-23(21,22)19(15-8-4-2-3-5-9-15)13-16(20)18-12-14-7-6-10-17-11-14/h6-7,10-11,15H,2-5,8-9,12-13H2,1H3,(H,18,20). The third-order valence-electron chi connectivity index (χ3n) is 4.17. The van der Waals surface area contributed by atoms with E-state index in [0.717, 1.165) is 44.1 Å². The van der Waals surface area contributed by atoms with Crippen LogP contribution in [0.4, 0.5) is 0 Å². The van der Waals surface area contributed by atoms with Gasteiger partial charge in [-0.15, -0.1) is 0 Å². The van der Waals surface area contributed by atoms with E-state index in [-0.39, 0.29) is 18.5 Å². The zero-order valence-corrected chi connectivity index (χ0v) is 14.4. The molecule has 1 aromatic rings. The molecule has 6 nitrogen and oxygen atoms in total. The molecule has 1 N–H and O–H groups in total. The monoisotopic (exact) mass is 339 g/mol. The minimum Gasteiger partial charge on any atom is -0.351 e. The van der Waals surface area contributed by atoms with Gasteiger partial charge in [0, 0.05) is 25.0 Å². The summed E-state index contributed by atoms with van der Waals surface area (Å²) < 4.78 is 25.5. The van der Waals surface area contributed by atoms with E-state index in [1.165, 1.54) is 10.6 Å². The van der Waals surface area contributed by atoms with Crippen molar-refractivity contribution in [2.24, 2.45) is 0 Å². The Kier molecular flexibility index (Phi) is 6.53. The first kappa shape index (κ1) is 17.9. The van der Waals surface area contributed by atoms with Crippen LogP contribution in [0, 0.1) is 0 Å². The molecule has 1 saturated carbocycles. The predicted molar refractivity (Wildman–Crippen MR) is 89.1 cm³/mol. The molecule has 0 saturated heterocycles. The molecule has 0 radical (unpaired) electrons. The highest BCUT2D eigenvalue weighted by atomic mass is 32.2. The molecular formula is C16H25N3O3S. The van der Waals surface area contributed by atoms with Crippen molar-refractivity contribution in [1.29, 1.82) is 0 Å². The van der Waals surface area contributed by atoms with Gasteiger partial charge in [0.05, 0.1) is 12.8 Å². The van der Waals surface area contributed by atoms with Gasteiger partial charge in [0.1, 0.15) is 0 Å². The first-order valence-corrected chi connectivity index (χ1v) is 9.94. The number of rotatable bonds is 6. The molecule has 1 amide bonds. The van der Waals surface area contributed by atoms with Crippen molar-refractivity contribution in [3.05, 3.63) is 30.1 Å². The van der Waals surface area contributed by atoms with Gasteiger partial charge in [0.15, 0.2) is 0 Å². The van der Waals surface area contributed by atoms with E-state index in [2.05, 4.69) is 10.3 Å². The summed E-state index contributed by atoms with van der Waals surface area (Å²) in [5.74, 6) is -0.275. The van der Waals surface area contributed by atoms with Crippen LogP contribution in [0.25, 0.3) is 0 Å². The van der Waals surface area contributed by atoms with Crippen molar-refractivity contribution in [3.63, 3.8) is 0 Å². The van der Waals surface area contributed by atoms with Gasteiger partial charge in [-0.3, -0.25) is 9.78 Å². The number of hydrogen-bond donors (Lipinski definition) is 1. The van der Waals surface area contributed by atoms with Crippen LogP contribution < -0.4 is 5.32 Å². The van der Waals surface area contributed by atoms with Crippen LogP contribution in [0.1, 0.15) is 44.1 Å². The summed E-state index contributed by atoms with van der Waals surface area (Å²) in [5, 5.41) is 2.77. The summed E-state index contributed by atoms with van der Waals surface area (Å²) in [4.78, 5) is 16.2. The highest BCUT2D eigenvalue weighted by molar-refractivity contribution is 7.88. The van der Waals surface area contributed by atoms with Crippen molar-refractivity contribution < 1.29 is 13.2 Å². The Morgan fingerprint density at radius 2 is 2.00 bits per heavy atom. The van der Waals surface area contributed by atoms with Crippen molar-refractivity contribution in [2.75, 3.05) is 12.8 Å². The molecule has 1 aliphatic carbocycles. The molecule has 1 fully saturated rings. The lowest BCUT2D eigenvalue weighted by atomic mass is 10.1. The van der Waals surface area contributed by atoms with E-state index >= 15 is 0 Å². The van der Waals surface area contributed by atoms with Gasteiger partial charge in [0.25, 0.3) is 0 Å². The second kappa shape index (κ2) is 8.40. The number of nitrogens with zero attached hydrogens (tertiary/aromatic N) is 2. The fourth-order valence-electron chi connectivity index (χ4n) is 2.96. The number of carbonyl (C=O) groups is 1. The Bertz CT molecular complexity index is 596. The number of pyridine rings is 1. The molecule has 0 atom stereocenters. The Hall–Kier alpha value is -1.47. The normalized spacial score (nSPS) is 17.0. The second-order valence-corrected chi connectivity index (χ2v) is 8.03. The Labute approximate surface area is 138 Å². The quantitative estimate of drug-likeness (QED) is 0.800. The van der Waals surface area contributed by atoms with E-state index in [9.17, 15) is 13.2 Å². The molecule has 1 heterocycles. The van der Waals surface area contributed by atoms with Gasteiger partial charge in [0.2, 0.25) is 15.9 Å². The highest BCUT2D eigenvalue weighted by Gasteiger charge is 2.29. The predicted octanol–water partition coefficient (Wildman–Crippen LogP) is 1.68. The van der Waals surface area contributed by atoms with Crippen LogP contribution in [0.5, 0.6) is 0 Å². The number of nitrogens with one attached hydrogen (secondary N) is 1. The molecule has 1 aliphatic rings. The van der Waals surface area contributed by atoms with Crippen LogP contribution in [0.15, 0.2) is 24.5 Å². The van der Waals surface area contributed by atoms with E-state index < -0.39 is 10.0 Å².